The van der Waals surface area contributed by atoms with Crippen molar-refractivity contribution in [2.45, 2.75) is 40.0 Å². The first kappa shape index (κ1) is 14.9. The van der Waals surface area contributed by atoms with Gasteiger partial charge in [-0.15, -0.1) is 0 Å². The average Bonchev–Trinajstić information content (AvgIpc) is 3.24. The molecule has 1 heterocycles. The Balaban J connectivity index is 2.07. The highest BCUT2D eigenvalue weighted by Crippen LogP contribution is 2.51. The summed E-state index contributed by atoms with van der Waals surface area (Å²) in [6.07, 6.45) is 5.22. The molecule has 0 aromatic carbocycles. The smallest absolute Gasteiger partial charge is 0.204 e. The Morgan fingerprint density at radius 2 is 1.90 bits per heavy atom. The Morgan fingerprint density at radius 1 is 1.25 bits per heavy atom. The Labute approximate surface area is 121 Å². The Morgan fingerprint density at radius 3 is 2.40 bits per heavy atom. The van der Waals surface area contributed by atoms with Crippen LogP contribution in [0.1, 0.15) is 40.0 Å². The van der Waals surface area contributed by atoms with Crippen LogP contribution >= 0.6 is 0 Å². The summed E-state index contributed by atoms with van der Waals surface area (Å²) in [4.78, 5) is 8.58. The molecular formula is C15H26N4O. The van der Waals surface area contributed by atoms with Crippen LogP contribution in [0.4, 0.5) is 11.6 Å². The van der Waals surface area contributed by atoms with Crippen molar-refractivity contribution in [3.05, 3.63) is 6.33 Å². The summed E-state index contributed by atoms with van der Waals surface area (Å²) in [5, 5.41) is 6.72. The van der Waals surface area contributed by atoms with Crippen molar-refractivity contribution < 1.29 is 4.74 Å². The van der Waals surface area contributed by atoms with Gasteiger partial charge in [0.05, 0.1) is 7.11 Å². The highest BCUT2D eigenvalue weighted by atomic mass is 16.5. The monoisotopic (exact) mass is 278 g/mol. The van der Waals surface area contributed by atoms with E-state index in [1.165, 1.54) is 12.8 Å². The standard InChI is InChI=1S/C15H26N4O/c1-5-8-16-13-12(20-4)14(19-10-18-13)17-9-15(6-7-15)11(2)3/h10-11H,5-9H2,1-4H3,(H2,16,17,18,19). The fraction of sp³-hybridized carbons (Fsp3) is 0.733. The molecule has 1 aliphatic carbocycles. The van der Waals surface area contributed by atoms with E-state index < -0.39 is 0 Å². The van der Waals surface area contributed by atoms with Gasteiger partial charge in [-0.2, -0.15) is 0 Å². The number of ether oxygens (including phenoxy) is 1. The lowest BCUT2D eigenvalue weighted by Gasteiger charge is -2.21. The number of hydrogen-bond acceptors (Lipinski definition) is 5. The number of nitrogens with zero attached hydrogens (tertiary/aromatic N) is 2. The molecule has 0 atom stereocenters. The number of nitrogens with one attached hydrogen (secondary N) is 2. The van der Waals surface area contributed by atoms with E-state index in [9.17, 15) is 0 Å². The quantitative estimate of drug-likeness (QED) is 0.765. The van der Waals surface area contributed by atoms with Crippen LogP contribution in [0.15, 0.2) is 6.33 Å². The molecule has 1 aromatic heterocycles. The molecule has 0 radical (unpaired) electrons. The van der Waals surface area contributed by atoms with Crippen LogP contribution < -0.4 is 15.4 Å². The van der Waals surface area contributed by atoms with E-state index in [-0.39, 0.29) is 0 Å². The van der Waals surface area contributed by atoms with E-state index in [0.29, 0.717) is 17.1 Å². The molecule has 20 heavy (non-hydrogen) atoms. The molecule has 1 saturated carbocycles. The van der Waals surface area contributed by atoms with Crippen molar-refractivity contribution in [3.63, 3.8) is 0 Å². The molecule has 2 rings (SSSR count). The SMILES string of the molecule is CCCNc1ncnc(NCC2(C(C)C)CC2)c1OC. The van der Waals surface area contributed by atoms with Crippen molar-refractivity contribution >= 4 is 11.6 Å². The molecule has 0 aliphatic heterocycles. The molecule has 112 valence electrons. The summed E-state index contributed by atoms with van der Waals surface area (Å²) in [7, 11) is 1.66. The third-order valence-corrected chi connectivity index (χ3v) is 4.28. The van der Waals surface area contributed by atoms with Gasteiger partial charge in [0, 0.05) is 13.1 Å². The molecule has 1 fully saturated rings. The molecule has 1 aliphatic rings. The van der Waals surface area contributed by atoms with Gasteiger partial charge in [0.1, 0.15) is 6.33 Å². The molecular weight excluding hydrogens is 252 g/mol. The van der Waals surface area contributed by atoms with E-state index >= 15 is 0 Å². The lowest BCUT2D eigenvalue weighted by molar-refractivity contribution is 0.377. The highest BCUT2D eigenvalue weighted by molar-refractivity contribution is 5.63. The Kier molecular flexibility index (Phi) is 4.68. The predicted octanol–water partition coefficient (Wildman–Crippen LogP) is 3.16. The molecule has 0 saturated heterocycles. The van der Waals surface area contributed by atoms with Crippen molar-refractivity contribution in [2.75, 3.05) is 30.8 Å². The summed E-state index contributed by atoms with van der Waals surface area (Å²) in [6, 6.07) is 0. The Hall–Kier alpha value is -1.52. The van der Waals surface area contributed by atoms with Crippen LogP contribution in [0.5, 0.6) is 5.75 Å². The van der Waals surface area contributed by atoms with Crippen molar-refractivity contribution in [1.82, 2.24) is 9.97 Å². The first-order chi connectivity index (χ1) is 9.63. The number of anilines is 2. The zero-order chi connectivity index (χ0) is 14.6. The zero-order valence-electron chi connectivity index (χ0n) is 13.0. The van der Waals surface area contributed by atoms with E-state index in [4.69, 9.17) is 4.74 Å². The second kappa shape index (κ2) is 6.29. The van der Waals surface area contributed by atoms with Gasteiger partial charge in [-0.05, 0) is 30.6 Å². The zero-order valence-corrected chi connectivity index (χ0v) is 13.0. The third-order valence-electron chi connectivity index (χ3n) is 4.28. The van der Waals surface area contributed by atoms with E-state index in [0.717, 1.165) is 31.1 Å². The van der Waals surface area contributed by atoms with Crippen LogP contribution in [-0.4, -0.2) is 30.2 Å². The van der Waals surface area contributed by atoms with Crippen molar-refractivity contribution in [3.8, 4) is 5.75 Å². The summed E-state index contributed by atoms with van der Waals surface area (Å²) in [5.74, 6) is 2.95. The van der Waals surface area contributed by atoms with Crippen molar-refractivity contribution in [2.24, 2.45) is 11.3 Å². The normalized spacial score (nSPS) is 16.1. The molecule has 0 bridgehead atoms. The summed E-state index contributed by atoms with van der Waals surface area (Å²) in [6.45, 7) is 8.54. The summed E-state index contributed by atoms with van der Waals surface area (Å²) >= 11 is 0. The molecule has 5 nitrogen and oxygen atoms in total. The number of methoxy groups -OCH3 is 1. The fourth-order valence-corrected chi connectivity index (χ4v) is 2.44. The van der Waals surface area contributed by atoms with Crippen molar-refractivity contribution in [1.29, 1.82) is 0 Å². The number of rotatable bonds is 8. The van der Waals surface area contributed by atoms with E-state index in [1.807, 2.05) is 0 Å². The predicted molar refractivity (Wildman–Crippen MR) is 82.4 cm³/mol. The maximum atomic E-state index is 5.47. The van der Waals surface area contributed by atoms with Gasteiger partial charge >= 0.3 is 0 Å². The topological polar surface area (TPSA) is 59.1 Å². The highest BCUT2D eigenvalue weighted by Gasteiger charge is 2.45. The molecule has 0 spiro atoms. The fourth-order valence-electron chi connectivity index (χ4n) is 2.44. The largest absolute Gasteiger partial charge is 0.490 e. The van der Waals surface area contributed by atoms with Crippen LogP contribution in [0.25, 0.3) is 0 Å². The maximum Gasteiger partial charge on any atom is 0.204 e. The summed E-state index contributed by atoms with van der Waals surface area (Å²) < 4.78 is 5.47. The number of aromatic nitrogens is 2. The second-order valence-corrected chi connectivity index (χ2v) is 5.90. The first-order valence-electron chi connectivity index (χ1n) is 7.49. The maximum absolute atomic E-state index is 5.47. The minimum absolute atomic E-state index is 0.437. The third kappa shape index (κ3) is 3.14. The van der Waals surface area contributed by atoms with Crippen LogP contribution in [0.3, 0.4) is 0 Å². The van der Waals surface area contributed by atoms with Gasteiger partial charge in [0.2, 0.25) is 5.75 Å². The van der Waals surface area contributed by atoms with Gasteiger partial charge in [-0.3, -0.25) is 0 Å². The molecule has 1 aromatic rings. The lowest BCUT2D eigenvalue weighted by Crippen LogP contribution is -2.22. The second-order valence-electron chi connectivity index (χ2n) is 5.90. The van der Waals surface area contributed by atoms with E-state index in [2.05, 4.69) is 41.4 Å². The van der Waals surface area contributed by atoms with E-state index in [1.54, 1.807) is 13.4 Å². The minimum Gasteiger partial charge on any atom is -0.490 e. The van der Waals surface area contributed by atoms with Gasteiger partial charge in [0.15, 0.2) is 11.6 Å². The van der Waals surface area contributed by atoms with Gasteiger partial charge in [-0.1, -0.05) is 20.8 Å². The average molecular weight is 278 g/mol. The van der Waals surface area contributed by atoms with Gasteiger partial charge < -0.3 is 15.4 Å². The van der Waals surface area contributed by atoms with Crippen LogP contribution in [0, 0.1) is 11.3 Å². The molecule has 0 unspecified atom stereocenters. The molecule has 2 N–H and O–H groups in total. The summed E-state index contributed by atoms with van der Waals surface area (Å²) in [5.41, 5.74) is 0.437. The Bertz CT molecular complexity index is 443. The van der Waals surface area contributed by atoms with Crippen LogP contribution in [-0.2, 0) is 0 Å². The number of hydrogen-bond donors (Lipinski definition) is 2. The molecule has 5 heteroatoms. The first-order valence-corrected chi connectivity index (χ1v) is 7.49. The molecule has 0 amide bonds. The lowest BCUT2D eigenvalue weighted by atomic mass is 9.92. The minimum atomic E-state index is 0.437. The van der Waals surface area contributed by atoms with Gasteiger partial charge in [0.25, 0.3) is 0 Å². The van der Waals surface area contributed by atoms with Crippen LogP contribution in [0.2, 0.25) is 0 Å². The van der Waals surface area contributed by atoms with Gasteiger partial charge in [-0.25, -0.2) is 9.97 Å².